The Hall–Kier alpha value is -3.28. The van der Waals surface area contributed by atoms with Gasteiger partial charge < -0.3 is 20.9 Å². The van der Waals surface area contributed by atoms with Gasteiger partial charge in [0.05, 0.1) is 5.69 Å². The maximum atomic E-state index is 5.69. The topological polar surface area (TPSA) is 69.2 Å². The van der Waals surface area contributed by atoms with Gasteiger partial charge in [-0.2, -0.15) is 0 Å². The number of nitrogens with zero attached hydrogens (tertiary/aromatic N) is 4. The summed E-state index contributed by atoms with van der Waals surface area (Å²) in [6.07, 6.45) is 5.81. The fraction of sp³-hybridized carbons (Fsp3) is 0.111. The summed E-state index contributed by atoms with van der Waals surface area (Å²) < 4.78 is 0. The number of nitrogens with two attached hydrogens (primary N) is 1. The lowest BCUT2D eigenvalue weighted by Gasteiger charge is -2.21. The van der Waals surface area contributed by atoms with Crippen molar-refractivity contribution >= 4 is 22.7 Å². The van der Waals surface area contributed by atoms with E-state index in [-0.39, 0.29) is 0 Å². The van der Waals surface area contributed by atoms with Gasteiger partial charge in [0.25, 0.3) is 0 Å². The highest BCUT2D eigenvalue weighted by molar-refractivity contribution is 5.63. The van der Waals surface area contributed by atoms with Crippen LogP contribution < -0.4 is 11.1 Å². The summed E-state index contributed by atoms with van der Waals surface area (Å²) in [6, 6.07) is 15.4. The quantitative estimate of drug-likeness (QED) is 0.653. The van der Waals surface area contributed by atoms with Gasteiger partial charge in [0, 0.05) is 49.8 Å². The Morgan fingerprint density at radius 1 is 0.833 bits per heavy atom. The Morgan fingerprint density at radius 2 is 1.46 bits per heavy atom. The smallest absolute Gasteiger partial charge is 0.171 e. The first-order valence-electron chi connectivity index (χ1n) is 7.59. The van der Waals surface area contributed by atoms with E-state index in [1.807, 2.05) is 91.0 Å². The molecule has 24 heavy (non-hydrogen) atoms. The molecule has 0 fully saturated rings. The largest absolute Gasteiger partial charge is 0.399 e. The second-order valence-corrected chi connectivity index (χ2v) is 5.56. The molecular weight excluding hydrogens is 300 g/mol. The average molecular weight is 320 g/mol. The SMILES string of the molecule is CN1C=CN(C)C(N=Nc2ccc(Nc3ccc(N)cc3)cc2)=C1. The Kier molecular flexibility index (Phi) is 4.47. The second-order valence-electron chi connectivity index (χ2n) is 5.56. The molecule has 0 spiro atoms. The molecule has 122 valence electrons. The number of benzene rings is 2. The normalized spacial score (nSPS) is 14.2. The molecule has 6 nitrogen and oxygen atoms in total. The third kappa shape index (κ3) is 3.92. The fourth-order valence-electron chi connectivity index (χ4n) is 2.15. The molecule has 0 atom stereocenters. The first-order chi connectivity index (χ1) is 11.6. The number of nitrogens with one attached hydrogen (secondary N) is 1. The van der Waals surface area contributed by atoms with Crippen molar-refractivity contribution in [2.45, 2.75) is 0 Å². The van der Waals surface area contributed by atoms with Crippen LogP contribution in [0.4, 0.5) is 22.7 Å². The van der Waals surface area contributed by atoms with Gasteiger partial charge >= 0.3 is 0 Å². The molecule has 0 amide bonds. The van der Waals surface area contributed by atoms with Gasteiger partial charge in [-0.15, -0.1) is 10.2 Å². The van der Waals surface area contributed by atoms with Crippen LogP contribution in [-0.2, 0) is 0 Å². The van der Waals surface area contributed by atoms with Crippen molar-refractivity contribution < 1.29 is 0 Å². The zero-order chi connectivity index (χ0) is 16.9. The van der Waals surface area contributed by atoms with Crippen LogP contribution in [0.15, 0.2) is 83.2 Å². The molecule has 3 rings (SSSR count). The van der Waals surface area contributed by atoms with Gasteiger partial charge in [0.2, 0.25) is 0 Å². The van der Waals surface area contributed by atoms with Crippen LogP contribution in [0.5, 0.6) is 0 Å². The van der Waals surface area contributed by atoms with Gasteiger partial charge in [0.1, 0.15) is 0 Å². The van der Waals surface area contributed by atoms with Crippen LogP contribution in [0.3, 0.4) is 0 Å². The van der Waals surface area contributed by atoms with Crippen molar-refractivity contribution in [3.05, 3.63) is 73.0 Å². The van der Waals surface area contributed by atoms with Gasteiger partial charge in [0.15, 0.2) is 5.82 Å². The molecule has 2 aromatic carbocycles. The number of nitrogen functional groups attached to an aromatic ring is 1. The maximum absolute atomic E-state index is 5.69. The van der Waals surface area contributed by atoms with Gasteiger partial charge in [-0.05, 0) is 48.5 Å². The minimum absolute atomic E-state index is 0.749. The lowest BCUT2D eigenvalue weighted by atomic mass is 10.2. The molecule has 0 unspecified atom stereocenters. The highest BCUT2D eigenvalue weighted by Crippen LogP contribution is 2.22. The molecule has 0 aliphatic carbocycles. The van der Waals surface area contributed by atoms with Crippen molar-refractivity contribution in [3.8, 4) is 0 Å². The Morgan fingerprint density at radius 3 is 2.12 bits per heavy atom. The van der Waals surface area contributed by atoms with E-state index in [0.29, 0.717) is 0 Å². The zero-order valence-corrected chi connectivity index (χ0v) is 13.7. The number of anilines is 3. The molecule has 1 heterocycles. The molecule has 6 heteroatoms. The highest BCUT2D eigenvalue weighted by atomic mass is 15.3. The predicted molar refractivity (Wildman–Crippen MR) is 97.8 cm³/mol. The molecule has 1 aliphatic rings. The average Bonchev–Trinajstić information content (AvgIpc) is 2.59. The van der Waals surface area contributed by atoms with Crippen LogP contribution >= 0.6 is 0 Å². The predicted octanol–water partition coefficient (Wildman–Crippen LogP) is 4.24. The van der Waals surface area contributed by atoms with Gasteiger partial charge in [-0.3, -0.25) is 0 Å². The minimum Gasteiger partial charge on any atom is -0.399 e. The van der Waals surface area contributed by atoms with Crippen molar-refractivity contribution in [2.24, 2.45) is 10.2 Å². The zero-order valence-electron chi connectivity index (χ0n) is 13.7. The first-order valence-corrected chi connectivity index (χ1v) is 7.59. The lowest BCUT2D eigenvalue weighted by molar-refractivity contribution is 0.471. The number of hydrogen-bond donors (Lipinski definition) is 2. The molecule has 0 radical (unpaired) electrons. The molecule has 1 aliphatic heterocycles. The minimum atomic E-state index is 0.749. The van der Waals surface area contributed by atoms with E-state index in [9.17, 15) is 0 Å². The monoisotopic (exact) mass is 320 g/mol. The Labute approximate surface area is 141 Å². The summed E-state index contributed by atoms with van der Waals surface area (Å²) in [5.74, 6) is 0.782. The van der Waals surface area contributed by atoms with Crippen molar-refractivity contribution in [1.29, 1.82) is 0 Å². The van der Waals surface area contributed by atoms with E-state index in [0.717, 1.165) is 28.6 Å². The molecule has 0 saturated heterocycles. The summed E-state index contributed by atoms with van der Waals surface area (Å²) in [4.78, 5) is 3.86. The highest BCUT2D eigenvalue weighted by Gasteiger charge is 2.06. The van der Waals surface area contributed by atoms with E-state index in [1.54, 1.807) is 0 Å². The van der Waals surface area contributed by atoms with Crippen molar-refractivity contribution in [2.75, 3.05) is 25.1 Å². The van der Waals surface area contributed by atoms with Crippen molar-refractivity contribution in [3.63, 3.8) is 0 Å². The van der Waals surface area contributed by atoms with Gasteiger partial charge in [-0.25, -0.2) is 0 Å². The standard InChI is InChI=1S/C18H20N6/c1-23-11-12-24(2)18(13-23)22-21-17-9-7-16(8-10-17)20-15-5-3-14(19)4-6-15/h3-13,20H,19H2,1-2H3. The van der Waals surface area contributed by atoms with Crippen LogP contribution in [0.2, 0.25) is 0 Å². The number of rotatable bonds is 4. The lowest BCUT2D eigenvalue weighted by Crippen LogP contribution is -2.18. The molecule has 0 bridgehead atoms. The second kappa shape index (κ2) is 6.87. The fourth-order valence-corrected chi connectivity index (χ4v) is 2.15. The van der Waals surface area contributed by atoms with Crippen LogP contribution in [-0.4, -0.2) is 23.9 Å². The Balaban J connectivity index is 1.66. The Bertz CT molecular complexity index is 774. The van der Waals surface area contributed by atoms with E-state index in [1.165, 1.54) is 0 Å². The molecular formula is C18H20N6. The maximum Gasteiger partial charge on any atom is 0.171 e. The third-order valence-electron chi connectivity index (χ3n) is 3.54. The molecule has 0 aromatic heterocycles. The molecule has 2 aromatic rings. The van der Waals surface area contributed by atoms with Crippen molar-refractivity contribution in [1.82, 2.24) is 9.80 Å². The van der Waals surface area contributed by atoms with E-state index >= 15 is 0 Å². The number of hydrogen-bond acceptors (Lipinski definition) is 6. The summed E-state index contributed by atoms with van der Waals surface area (Å²) in [5.41, 5.74) is 9.20. The van der Waals surface area contributed by atoms with E-state index < -0.39 is 0 Å². The molecule has 0 saturated carbocycles. The summed E-state index contributed by atoms with van der Waals surface area (Å²) in [6.45, 7) is 0. The van der Waals surface area contributed by atoms with Crippen LogP contribution in [0, 0.1) is 0 Å². The van der Waals surface area contributed by atoms with E-state index in [4.69, 9.17) is 5.73 Å². The third-order valence-corrected chi connectivity index (χ3v) is 3.54. The molecule has 3 N–H and O–H groups in total. The summed E-state index contributed by atoms with van der Waals surface area (Å²) >= 11 is 0. The van der Waals surface area contributed by atoms with Gasteiger partial charge in [-0.1, -0.05) is 0 Å². The number of azo groups is 1. The van der Waals surface area contributed by atoms with Crippen LogP contribution in [0.1, 0.15) is 0 Å². The summed E-state index contributed by atoms with van der Waals surface area (Å²) in [5, 5.41) is 11.9. The summed E-state index contributed by atoms with van der Waals surface area (Å²) in [7, 11) is 3.89. The first kappa shape index (κ1) is 15.6. The van der Waals surface area contributed by atoms with E-state index in [2.05, 4.69) is 15.5 Å². The van der Waals surface area contributed by atoms with Crippen LogP contribution in [0.25, 0.3) is 0 Å².